The van der Waals surface area contributed by atoms with E-state index in [1.165, 1.54) is 22.3 Å². The monoisotopic (exact) mass is 345 g/mol. The second-order valence-electron chi connectivity index (χ2n) is 7.21. The summed E-state index contributed by atoms with van der Waals surface area (Å²) in [5.41, 5.74) is 12.6. The van der Waals surface area contributed by atoms with Crippen LogP contribution in [0.25, 0.3) is 22.4 Å². The first-order valence-electron chi connectivity index (χ1n) is 9.04. The molecule has 2 aromatic carbocycles. The number of primary amides is 1. The lowest BCUT2D eigenvalue weighted by atomic mass is 9.99. The van der Waals surface area contributed by atoms with Gasteiger partial charge in [0.05, 0.1) is 11.6 Å². The number of benzene rings is 2. The molecule has 26 heavy (non-hydrogen) atoms. The average molecular weight is 345 g/mol. The predicted octanol–water partition coefficient (Wildman–Crippen LogP) is 3.88. The minimum atomic E-state index is -0.219. The summed E-state index contributed by atoms with van der Waals surface area (Å²) < 4.78 is 2.07. The smallest absolute Gasteiger partial charge is 0.222 e. The molecule has 132 valence electrons. The molecule has 1 aromatic heterocycles. The van der Waals surface area contributed by atoms with E-state index < -0.39 is 0 Å². The molecule has 1 atom stereocenters. The van der Waals surface area contributed by atoms with Crippen LogP contribution in [-0.4, -0.2) is 15.5 Å². The predicted molar refractivity (Wildman–Crippen MR) is 104 cm³/mol. The van der Waals surface area contributed by atoms with E-state index in [9.17, 15) is 4.79 Å². The highest BCUT2D eigenvalue weighted by molar-refractivity contribution is 5.76. The van der Waals surface area contributed by atoms with Crippen molar-refractivity contribution in [2.24, 2.45) is 11.7 Å². The fourth-order valence-corrected chi connectivity index (χ4v) is 3.57. The van der Waals surface area contributed by atoms with Crippen molar-refractivity contribution in [3.63, 3.8) is 0 Å². The maximum absolute atomic E-state index is 11.4. The van der Waals surface area contributed by atoms with E-state index in [0.717, 1.165) is 29.9 Å². The second kappa shape index (κ2) is 6.45. The highest BCUT2D eigenvalue weighted by Crippen LogP contribution is 2.28. The number of nitrogens with zero attached hydrogens (tertiary/aromatic N) is 2. The van der Waals surface area contributed by atoms with Crippen LogP contribution in [0.15, 0.2) is 48.7 Å². The second-order valence-corrected chi connectivity index (χ2v) is 7.21. The van der Waals surface area contributed by atoms with Gasteiger partial charge in [-0.25, -0.2) is 4.98 Å². The minimum Gasteiger partial charge on any atom is -0.369 e. The van der Waals surface area contributed by atoms with E-state index in [2.05, 4.69) is 60.9 Å². The first kappa shape index (κ1) is 16.6. The maximum atomic E-state index is 11.4. The third-order valence-electron chi connectivity index (χ3n) is 5.42. The zero-order valence-electron chi connectivity index (χ0n) is 15.2. The number of aryl methyl sites for hydroxylation is 3. The molecule has 0 saturated heterocycles. The van der Waals surface area contributed by atoms with E-state index in [1.54, 1.807) is 0 Å². The van der Waals surface area contributed by atoms with Crippen molar-refractivity contribution in [3.05, 3.63) is 65.6 Å². The lowest BCUT2D eigenvalue weighted by molar-refractivity contribution is -0.122. The summed E-state index contributed by atoms with van der Waals surface area (Å²) in [6.45, 7) is 4.91. The van der Waals surface area contributed by atoms with Crippen molar-refractivity contribution in [1.29, 1.82) is 0 Å². The van der Waals surface area contributed by atoms with E-state index in [4.69, 9.17) is 10.7 Å². The molecule has 1 aliphatic heterocycles. The molecule has 1 amide bonds. The minimum absolute atomic E-state index is 0.0864. The highest BCUT2D eigenvalue weighted by atomic mass is 16.1. The topological polar surface area (TPSA) is 60.9 Å². The molecule has 0 radical (unpaired) electrons. The fourth-order valence-electron chi connectivity index (χ4n) is 3.57. The summed E-state index contributed by atoms with van der Waals surface area (Å²) in [5, 5.41) is 0. The van der Waals surface area contributed by atoms with E-state index in [0.29, 0.717) is 6.54 Å². The quantitative estimate of drug-likeness (QED) is 0.783. The van der Waals surface area contributed by atoms with Crippen LogP contribution < -0.4 is 5.73 Å². The van der Waals surface area contributed by atoms with Gasteiger partial charge >= 0.3 is 0 Å². The van der Waals surface area contributed by atoms with Crippen LogP contribution in [0.1, 0.15) is 23.4 Å². The van der Waals surface area contributed by atoms with Crippen molar-refractivity contribution in [3.8, 4) is 22.4 Å². The Hall–Kier alpha value is -2.88. The number of amides is 1. The Morgan fingerprint density at radius 1 is 1.04 bits per heavy atom. The van der Waals surface area contributed by atoms with Crippen molar-refractivity contribution >= 4 is 5.91 Å². The van der Waals surface area contributed by atoms with Gasteiger partial charge in [-0.15, -0.1) is 0 Å². The molecule has 4 nitrogen and oxygen atoms in total. The molecule has 2 heterocycles. The van der Waals surface area contributed by atoms with Crippen LogP contribution in [-0.2, 0) is 17.8 Å². The number of nitrogens with two attached hydrogens (primary N) is 1. The molecule has 0 fully saturated rings. The van der Waals surface area contributed by atoms with Gasteiger partial charge in [0, 0.05) is 24.7 Å². The van der Waals surface area contributed by atoms with Crippen molar-refractivity contribution < 1.29 is 4.79 Å². The van der Waals surface area contributed by atoms with Gasteiger partial charge in [-0.05, 0) is 42.5 Å². The van der Waals surface area contributed by atoms with Crippen LogP contribution in [0.5, 0.6) is 0 Å². The zero-order chi connectivity index (χ0) is 18.3. The Bertz CT molecular complexity index is 970. The SMILES string of the molecule is Cc1ccc(-c2ccc(-c3cn4c(n3)CCC(C(N)=O)C4)cc2)cc1C. The summed E-state index contributed by atoms with van der Waals surface area (Å²) in [5.74, 6) is 0.732. The molecular formula is C22H23N3O. The largest absolute Gasteiger partial charge is 0.369 e. The average Bonchev–Trinajstić information content (AvgIpc) is 3.07. The number of carbonyl (C=O) groups is 1. The van der Waals surface area contributed by atoms with Gasteiger partial charge in [-0.2, -0.15) is 0 Å². The molecule has 1 unspecified atom stereocenters. The number of aromatic nitrogens is 2. The summed E-state index contributed by atoms with van der Waals surface area (Å²) >= 11 is 0. The van der Waals surface area contributed by atoms with Crippen LogP contribution in [0.4, 0.5) is 0 Å². The third kappa shape index (κ3) is 3.03. The Morgan fingerprint density at radius 2 is 1.73 bits per heavy atom. The van der Waals surface area contributed by atoms with Crippen molar-refractivity contribution in [2.45, 2.75) is 33.2 Å². The van der Waals surface area contributed by atoms with Gasteiger partial charge in [0.2, 0.25) is 5.91 Å². The van der Waals surface area contributed by atoms with Crippen LogP contribution in [0.3, 0.4) is 0 Å². The first-order valence-corrected chi connectivity index (χ1v) is 9.04. The van der Waals surface area contributed by atoms with Gasteiger partial charge in [0.15, 0.2) is 0 Å². The molecule has 4 heteroatoms. The maximum Gasteiger partial charge on any atom is 0.222 e. The number of imidazole rings is 1. The van der Waals surface area contributed by atoms with Gasteiger partial charge in [0.25, 0.3) is 0 Å². The number of carbonyl (C=O) groups excluding carboxylic acids is 1. The van der Waals surface area contributed by atoms with Gasteiger partial charge in [-0.1, -0.05) is 42.5 Å². The summed E-state index contributed by atoms with van der Waals surface area (Å²) in [6.07, 6.45) is 3.63. The molecule has 0 saturated carbocycles. The summed E-state index contributed by atoms with van der Waals surface area (Å²) in [6, 6.07) is 15.1. The molecule has 2 N–H and O–H groups in total. The number of hydrogen-bond donors (Lipinski definition) is 1. The Labute approximate surface area is 153 Å². The summed E-state index contributed by atoms with van der Waals surface area (Å²) in [7, 11) is 0. The van der Waals surface area contributed by atoms with Crippen LogP contribution in [0, 0.1) is 19.8 Å². The van der Waals surface area contributed by atoms with Gasteiger partial charge in [0.1, 0.15) is 5.82 Å². The lowest BCUT2D eigenvalue weighted by Crippen LogP contribution is -2.31. The Kier molecular flexibility index (Phi) is 4.11. The van der Waals surface area contributed by atoms with Gasteiger partial charge in [-0.3, -0.25) is 4.79 Å². The van der Waals surface area contributed by atoms with Gasteiger partial charge < -0.3 is 10.3 Å². The molecule has 3 aromatic rings. The molecule has 4 rings (SSSR count). The molecule has 1 aliphatic rings. The fraction of sp³-hybridized carbons (Fsp3) is 0.273. The standard InChI is InChI=1S/C22H23N3O/c1-14-3-4-18(11-15(14)2)16-5-7-17(8-6-16)20-13-25-12-19(22(23)26)9-10-21(25)24-20/h3-8,11,13,19H,9-10,12H2,1-2H3,(H2,23,26). The summed E-state index contributed by atoms with van der Waals surface area (Å²) in [4.78, 5) is 16.2. The molecule has 0 bridgehead atoms. The van der Waals surface area contributed by atoms with E-state index >= 15 is 0 Å². The van der Waals surface area contributed by atoms with Crippen molar-refractivity contribution in [2.75, 3.05) is 0 Å². The first-order chi connectivity index (χ1) is 12.5. The highest BCUT2D eigenvalue weighted by Gasteiger charge is 2.24. The Morgan fingerprint density at radius 3 is 2.42 bits per heavy atom. The molecular weight excluding hydrogens is 322 g/mol. The normalized spacial score (nSPS) is 16.3. The van der Waals surface area contributed by atoms with Crippen LogP contribution >= 0.6 is 0 Å². The Balaban J connectivity index is 1.60. The molecule has 0 aliphatic carbocycles. The lowest BCUT2D eigenvalue weighted by Gasteiger charge is -2.20. The molecule has 0 spiro atoms. The van der Waals surface area contributed by atoms with Crippen LogP contribution in [0.2, 0.25) is 0 Å². The number of hydrogen-bond acceptors (Lipinski definition) is 2. The van der Waals surface area contributed by atoms with E-state index in [1.807, 2.05) is 6.20 Å². The number of rotatable bonds is 3. The van der Waals surface area contributed by atoms with Crippen molar-refractivity contribution in [1.82, 2.24) is 9.55 Å². The number of fused-ring (bicyclic) bond motifs is 1. The van der Waals surface area contributed by atoms with E-state index in [-0.39, 0.29) is 11.8 Å². The zero-order valence-corrected chi connectivity index (χ0v) is 15.2. The third-order valence-corrected chi connectivity index (χ3v) is 5.42.